The van der Waals surface area contributed by atoms with E-state index >= 15 is 0 Å². The van der Waals surface area contributed by atoms with Crippen LogP contribution in [-0.2, 0) is 4.79 Å². The van der Waals surface area contributed by atoms with Gasteiger partial charge in [0.25, 0.3) is 5.91 Å². The molecule has 0 aromatic rings. The van der Waals surface area contributed by atoms with Crippen molar-refractivity contribution in [1.82, 2.24) is 4.90 Å². The van der Waals surface area contributed by atoms with Gasteiger partial charge in [-0.1, -0.05) is 0 Å². The van der Waals surface area contributed by atoms with Gasteiger partial charge in [0.05, 0.1) is 6.54 Å². The molecule has 1 rings (SSSR count). The van der Waals surface area contributed by atoms with Crippen molar-refractivity contribution in [3.05, 3.63) is 11.3 Å². The Morgan fingerprint density at radius 3 is 2.53 bits per heavy atom. The Hall–Kier alpha value is -1.57. The zero-order valence-corrected chi connectivity index (χ0v) is 8.97. The van der Waals surface area contributed by atoms with Gasteiger partial charge in [0, 0.05) is 30.8 Å². The summed E-state index contributed by atoms with van der Waals surface area (Å²) < 4.78 is 36.6. The monoisotopic (exact) mass is 250 g/mol. The summed E-state index contributed by atoms with van der Waals surface area (Å²) in [5.74, 6) is -0.989. The molecule has 1 aliphatic rings. The Morgan fingerprint density at radius 1 is 1.47 bits per heavy atom. The highest BCUT2D eigenvalue weighted by molar-refractivity contribution is 6.43. The predicted molar refractivity (Wildman–Crippen MR) is 55.2 cm³/mol. The number of amides is 1. The summed E-state index contributed by atoms with van der Waals surface area (Å²) in [5, 5.41) is 7.37. The number of nitrogens with one attached hydrogen (secondary N) is 1. The number of carbonyl (C=O) groups is 1. The first kappa shape index (κ1) is 13.5. The lowest BCUT2D eigenvalue weighted by Crippen LogP contribution is -2.43. The van der Waals surface area contributed by atoms with Crippen LogP contribution in [0.1, 0.15) is 6.42 Å². The van der Waals surface area contributed by atoms with Crippen LogP contribution in [0.4, 0.5) is 13.2 Å². The van der Waals surface area contributed by atoms with Gasteiger partial charge in [0.15, 0.2) is 0 Å². The van der Waals surface area contributed by atoms with Crippen LogP contribution in [0.15, 0.2) is 11.3 Å². The van der Waals surface area contributed by atoms with Gasteiger partial charge in [-0.2, -0.15) is 13.2 Å². The highest BCUT2D eigenvalue weighted by Gasteiger charge is 2.33. The normalized spacial score (nSPS) is 18.3. The van der Waals surface area contributed by atoms with E-state index in [2.05, 4.69) is 0 Å². The first-order valence-electron chi connectivity index (χ1n) is 4.86. The molecule has 0 bridgehead atoms. The van der Waals surface area contributed by atoms with Crippen molar-refractivity contribution in [2.24, 2.45) is 11.5 Å². The maximum atomic E-state index is 12.2. The molecule has 0 saturated carbocycles. The number of carbonyl (C=O) groups excluding carboxylic acids is 1. The minimum Gasteiger partial charge on any atom is -0.402 e. The minimum absolute atomic E-state index is 0.0907. The predicted octanol–water partition coefficient (Wildman–Crippen LogP) is -0.0277. The smallest absolute Gasteiger partial charge is 0.401 e. The summed E-state index contributed by atoms with van der Waals surface area (Å²) in [6, 6.07) is 0. The number of primary amides is 1. The van der Waals surface area contributed by atoms with Crippen LogP contribution in [-0.4, -0.2) is 42.3 Å². The molecule has 1 heterocycles. The molecule has 17 heavy (non-hydrogen) atoms. The van der Waals surface area contributed by atoms with Gasteiger partial charge < -0.3 is 11.5 Å². The van der Waals surface area contributed by atoms with E-state index in [0.29, 0.717) is 0 Å². The van der Waals surface area contributed by atoms with Gasteiger partial charge >= 0.3 is 6.18 Å². The fourth-order valence-corrected chi connectivity index (χ4v) is 1.61. The van der Waals surface area contributed by atoms with Crippen LogP contribution in [0.5, 0.6) is 0 Å². The van der Waals surface area contributed by atoms with Crippen molar-refractivity contribution in [3.8, 4) is 0 Å². The van der Waals surface area contributed by atoms with Gasteiger partial charge in [-0.15, -0.1) is 0 Å². The molecular formula is C9H13F3N4O. The molecule has 0 radical (unpaired) electrons. The highest BCUT2D eigenvalue weighted by Crippen LogP contribution is 2.21. The summed E-state index contributed by atoms with van der Waals surface area (Å²) in [7, 11) is 0. The molecule has 0 aromatic carbocycles. The molecule has 0 atom stereocenters. The zero-order chi connectivity index (χ0) is 13.2. The average molecular weight is 250 g/mol. The Morgan fingerprint density at radius 2 is 2.06 bits per heavy atom. The Labute approximate surface area is 95.7 Å². The van der Waals surface area contributed by atoms with Gasteiger partial charge in [-0.3, -0.25) is 15.1 Å². The second-order valence-corrected chi connectivity index (χ2v) is 3.82. The number of hydrogen-bond donors (Lipinski definition) is 3. The van der Waals surface area contributed by atoms with Crippen molar-refractivity contribution < 1.29 is 18.0 Å². The molecule has 5 nitrogen and oxygen atoms in total. The fraction of sp³-hybridized carbons (Fsp3) is 0.556. The van der Waals surface area contributed by atoms with E-state index in [0.717, 1.165) is 4.90 Å². The standard InChI is InChI=1S/C9H13F3N4O/c10-9(11,12)4-16-2-1-6(13)5(3-16)7(14)8(15)17/h14H,1-4,13H2,(H2,15,17). The van der Waals surface area contributed by atoms with Crippen LogP contribution >= 0.6 is 0 Å². The first-order valence-corrected chi connectivity index (χ1v) is 4.86. The SMILES string of the molecule is N=C(C(N)=O)C1=C(N)CCN(CC(F)(F)F)C1. The first-order chi connectivity index (χ1) is 7.70. The van der Waals surface area contributed by atoms with Crippen LogP contribution in [0.3, 0.4) is 0 Å². The maximum absolute atomic E-state index is 12.2. The molecule has 1 aliphatic heterocycles. The van der Waals surface area contributed by atoms with Crippen molar-refractivity contribution in [3.63, 3.8) is 0 Å². The van der Waals surface area contributed by atoms with E-state index in [4.69, 9.17) is 16.9 Å². The number of nitrogens with zero attached hydrogens (tertiary/aromatic N) is 1. The van der Waals surface area contributed by atoms with E-state index in [-0.39, 0.29) is 30.8 Å². The Kier molecular flexibility index (Phi) is 3.76. The second-order valence-electron chi connectivity index (χ2n) is 3.82. The number of nitrogens with two attached hydrogens (primary N) is 2. The van der Waals surface area contributed by atoms with Crippen molar-refractivity contribution in [1.29, 1.82) is 5.41 Å². The van der Waals surface area contributed by atoms with Crippen molar-refractivity contribution in [2.45, 2.75) is 12.6 Å². The van der Waals surface area contributed by atoms with Gasteiger partial charge in [-0.05, 0) is 0 Å². The van der Waals surface area contributed by atoms with E-state index < -0.39 is 24.3 Å². The summed E-state index contributed by atoms with van der Waals surface area (Å²) >= 11 is 0. The molecule has 0 saturated heterocycles. The lowest BCUT2D eigenvalue weighted by Gasteiger charge is -2.29. The van der Waals surface area contributed by atoms with Crippen LogP contribution in [0.2, 0.25) is 0 Å². The lowest BCUT2D eigenvalue weighted by atomic mass is 10.0. The molecule has 0 aromatic heterocycles. The molecule has 0 spiro atoms. The number of halogens is 3. The third kappa shape index (κ3) is 3.74. The fourth-order valence-electron chi connectivity index (χ4n) is 1.61. The molecule has 96 valence electrons. The van der Waals surface area contributed by atoms with Gasteiger partial charge in [-0.25, -0.2) is 0 Å². The van der Waals surface area contributed by atoms with Crippen LogP contribution in [0, 0.1) is 5.41 Å². The highest BCUT2D eigenvalue weighted by atomic mass is 19.4. The van der Waals surface area contributed by atoms with E-state index in [9.17, 15) is 18.0 Å². The topological polar surface area (TPSA) is 96.2 Å². The molecule has 1 amide bonds. The Balaban J connectivity index is 2.78. The lowest BCUT2D eigenvalue weighted by molar-refractivity contribution is -0.145. The molecule has 0 unspecified atom stereocenters. The minimum atomic E-state index is -4.31. The number of alkyl halides is 3. The molecule has 0 fully saturated rings. The zero-order valence-electron chi connectivity index (χ0n) is 8.97. The van der Waals surface area contributed by atoms with Gasteiger partial charge in [0.1, 0.15) is 5.71 Å². The maximum Gasteiger partial charge on any atom is 0.401 e. The summed E-state index contributed by atoms with van der Waals surface area (Å²) in [6.45, 7) is -1.11. The van der Waals surface area contributed by atoms with E-state index in [1.165, 1.54) is 0 Å². The van der Waals surface area contributed by atoms with Crippen molar-refractivity contribution >= 4 is 11.6 Å². The molecular weight excluding hydrogens is 237 g/mol. The number of hydrogen-bond acceptors (Lipinski definition) is 4. The quantitative estimate of drug-likeness (QED) is 0.614. The summed E-state index contributed by atoms with van der Waals surface area (Å²) in [4.78, 5) is 11.9. The summed E-state index contributed by atoms with van der Waals surface area (Å²) in [5.41, 5.74) is 10.3. The average Bonchev–Trinajstić information content (AvgIpc) is 2.17. The molecule has 0 aliphatic carbocycles. The third-order valence-corrected chi connectivity index (χ3v) is 2.42. The molecule has 8 heteroatoms. The second kappa shape index (κ2) is 4.74. The third-order valence-electron chi connectivity index (χ3n) is 2.42. The number of rotatable bonds is 3. The van der Waals surface area contributed by atoms with Crippen molar-refractivity contribution in [2.75, 3.05) is 19.6 Å². The van der Waals surface area contributed by atoms with Gasteiger partial charge in [0.2, 0.25) is 0 Å². The largest absolute Gasteiger partial charge is 0.402 e. The Bertz CT molecular complexity index is 375. The molecule has 5 N–H and O–H groups in total. The van der Waals surface area contributed by atoms with E-state index in [1.54, 1.807) is 0 Å². The van der Waals surface area contributed by atoms with Crippen LogP contribution in [0.25, 0.3) is 0 Å². The van der Waals surface area contributed by atoms with E-state index in [1.807, 2.05) is 0 Å². The summed E-state index contributed by atoms with van der Waals surface area (Å²) in [6.07, 6.45) is -4.12. The van der Waals surface area contributed by atoms with Crippen LogP contribution < -0.4 is 11.5 Å².